The molecule has 1 saturated heterocycles. The van der Waals surface area contributed by atoms with Gasteiger partial charge in [0.25, 0.3) is 0 Å². The summed E-state index contributed by atoms with van der Waals surface area (Å²) < 4.78 is 0. The molecule has 1 aromatic heterocycles. The van der Waals surface area contributed by atoms with E-state index >= 15 is 0 Å². The number of pyridine rings is 1. The number of hydrogen-bond acceptors (Lipinski definition) is 3. The first kappa shape index (κ1) is 13.6. The molecule has 0 spiro atoms. The number of nitrogens with one attached hydrogen (secondary N) is 1. The zero-order valence-corrected chi connectivity index (χ0v) is 12.1. The molecule has 1 aliphatic rings. The van der Waals surface area contributed by atoms with E-state index < -0.39 is 0 Å². The maximum absolute atomic E-state index is 5.92. The Morgan fingerprint density at radius 2 is 1.90 bits per heavy atom. The van der Waals surface area contributed by atoms with Crippen LogP contribution in [0.3, 0.4) is 0 Å². The van der Waals surface area contributed by atoms with E-state index in [1.807, 2.05) is 12.1 Å². The topological polar surface area (TPSA) is 28.2 Å². The van der Waals surface area contributed by atoms with Crippen molar-refractivity contribution in [3.05, 3.63) is 53.2 Å². The number of hydrogen-bond donors (Lipinski definition) is 1. The summed E-state index contributed by atoms with van der Waals surface area (Å²) >= 11 is 5.92. The van der Waals surface area contributed by atoms with Crippen LogP contribution in [0.5, 0.6) is 0 Å². The molecule has 4 heteroatoms. The Labute approximate surface area is 124 Å². The fourth-order valence-corrected chi connectivity index (χ4v) is 2.67. The van der Waals surface area contributed by atoms with Crippen LogP contribution in [0.1, 0.15) is 5.56 Å². The lowest BCUT2D eigenvalue weighted by Crippen LogP contribution is -2.42. The maximum atomic E-state index is 5.92. The Balaban J connectivity index is 1.85. The standard InChI is InChI=1S/C16H18ClN3/c17-14-5-6-16(19-11-14)15-4-2-1-3-13(15)12-20-9-7-18-8-10-20/h1-6,11,18H,7-10,12H2. The van der Waals surface area contributed by atoms with Crippen LogP contribution in [0.4, 0.5) is 0 Å². The first-order valence-electron chi connectivity index (χ1n) is 6.96. The van der Waals surface area contributed by atoms with Crippen molar-refractivity contribution in [2.45, 2.75) is 6.54 Å². The Morgan fingerprint density at radius 3 is 2.65 bits per heavy atom. The number of aromatic nitrogens is 1. The van der Waals surface area contributed by atoms with Gasteiger partial charge in [-0.25, -0.2) is 0 Å². The Hall–Kier alpha value is -1.42. The van der Waals surface area contributed by atoms with E-state index in [-0.39, 0.29) is 0 Å². The number of benzene rings is 1. The first-order chi connectivity index (χ1) is 9.83. The Bertz CT molecular complexity index is 562. The normalized spacial score (nSPS) is 16.2. The van der Waals surface area contributed by atoms with Crippen molar-refractivity contribution in [1.82, 2.24) is 15.2 Å². The van der Waals surface area contributed by atoms with Gasteiger partial charge >= 0.3 is 0 Å². The van der Waals surface area contributed by atoms with Crippen molar-refractivity contribution < 1.29 is 0 Å². The summed E-state index contributed by atoms with van der Waals surface area (Å²) in [5.41, 5.74) is 3.51. The molecule has 0 bridgehead atoms. The average molecular weight is 288 g/mol. The highest BCUT2D eigenvalue weighted by Crippen LogP contribution is 2.24. The zero-order valence-electron chi connectivity index (χ0n) is 11.3. The van der Waals surface area contributed by atoms with Crippen molar-refractivity contribution in [2.75, 3.05) is 26.2 Å². The molecule has 1 N–H and O–H groups in total. The van der Waals surface area contributed by atoms with Gasteiger partial charge in [0, 0.05) is 44.5 Å². The van der Waals surface area contributed by atoms with Crippen molar-refractivity contribution >= 4 is 11.6 Å². The van der Waals surface area contributed by atoms with Gasteiger partial charge < -0.3 is 5.32 Å². The van der Waals surface area contributed by atoms with Gasteiger partial charge in [-0.05, 0) is 17.7 Å². The quantitative estimate of drug-likeness (QED) is 0.941. The molecule has 0 atom stereocenters. The minimum absolute atomic E-state index is 0.674. The SMILES string of the molecule is Clc1ccc(-c2ccccc2CN2CCNCC2)nc1. The van der Waals surface area contributed by atoms with E-state index in [4.69, 9.17) is 11.6 Å². The molecule has 3 nitrogen and oxygen atoms in total. The minimum atomic E-state index is 0.674. The summed E-state index contributed by atoms with van der Waals surface area (Å²) in [5.74, 6) is 0. The molecule has 1 aromatic carbocycles. The third-order valence-corrected chi connectivity index (χ3v) is 3.85. The van der Waals surface area contributed by atoms with Gasteiger partial charge in [0.15, 0.2) is 0 Å². The summed E-state index contributed by atoms with van der Waals surface area (Å²) in [6.07, 6.45) is 1.71. The van der Waals surface area contributed by atoms with Gasteiger partial charge in [-0.2, -0.15) is 0 Å². The zero-order chi connectivity index (χ0) is 13.8. The molecule has 104 valence electrons. The lowest BCUT2D eigenvalue weighted by molar-refractivity contribution is 0.233. The summed E-state index contributed by atoms with van der Waals surface area (Å²) in [6.45, 7) is 5.32. The molecule has 3 rings (SSSR count). The second-order valence-electron chi connectivity index (χ2n) is 5.04. The average Bonchev–Trinajstić information content (AvgIpc) is 2.50. The molecule has 0 aliphatic carbocycles. The third kappa shape index (κ3) is 3.18. The van der Waals surface area contributed by atoms with E-state index in [0.29, 0.717) is 5.02 Å². The summed E-state index contributed by atoms with van der Waals surface area (Å²) in [5, 5.41) is 4.06. The van der Waals surface area contributed by atoms with Gasteiger partial charge in [-0.1, -0.05) is 35.9 Å². The fraction of sp³-hybridized carbons (Fsp3) is 0.312. The van der Waals surface area contributed by atoms with Gasteiger partial charge in [-0.3, -0.25) is 9.88 Å². The lowest BCUT2D eigenvalue weighted by atomic mass is 10.0. The van der Waals surface area contributed by atoms with Gasteiger partial charge in [0.2, 0.25) is 0 Å². The van der Waals surface area contributed by atoms with Crippen molar-refractivity contribution in [2.24, 2.45) is 0 Å². The molecule has 2 aromatic rings. The highest BCUT2D eigenvalue weighted by molar-refractivity contribution is 6.30. The maximum Gasteiger partial charge on any atom is 0.0706 e. The van der Waals surface area contributed by atoms with E-state index in [1.54, 1.807) is 6.20 Å². The van der Waals surface area contributed by atoms with E-state index in [9.17, 15) is 0 Å². The largest absolute Gasteiger partial charge is 0.314 e. The fourth-order valence-electron chi connectivity index (χ4n) is 2.55. The van der Waals surface area contributed by atoms with Crippen LogP contribution >= 0.6 is 11.6 Å². The van der Waals surface area contributed by atoms with Crippen molar-refractivity contribution in [3.63, 3.8) is 0 Å². The molecule has 0 radical (unpaired) electrons. The predicted octanol–water partition coefficient (Wildman–Crippen LogP) is 2.81. The summed E-state index contributed by atoms with van der Waals surface area (Å²) in [4.78, 5) is 6.92. The molecular formula is C16H18ClN3. The molecule has 2 heterocycles. The number of halogens is 1. The van der Waals surface area contributed by atoms with Crippen LogP contribution in [0.2, 0.25) is 5.02 Å². The second kappa shape index (κ2) is 6.35. The second-order valence-corrected chi connectivity index (χ2v) is 5.48. The number of nitrogens with zero attached hydrogens (tertiary/aromatic N) is 2. The van der Waals surface area contributed by atoms with E-state index in [1.165, 1.54) is 11.1 Å². The van der Waals surface area contributed by atoms with Crippen molar-refractivity contribution in [3.8, 4) is 11.3 Å². The molecule has 1 aliphatic heterocycles. The molecule has 0 saturated carbocycles. The number of piperazine rings is 1. The third-order valence-electron chi connectivity index (χ3n) is 3.62. The van der Waals surface area contributed by atoms with Crippen molar-refractivity contribution in [1.29, 1.82) is 0 Å². The van der Waals surface area contributed by atoms with Gasteiger partial charge in [0.1, 0.15) is 0 Å². The van der Waals surface area contributed by atoms with Crippen LogP contribution in [0, 0.1) is 0 Å². The van der Waals surface area contributed by atoms with Crippen LogP contribution in [0.25, 0.3) is 11.3 Å². The minimum Gasteiger partial charge on any atom is -0.314 e. The van der Waals surface area contributed by atoms with Crippen LogP contribution in [-0.2, 0) is 6.54 Å². The Kier molecular flexibility index (Phi) is 4.31. The summed E-state index contributed by atoms with van der Waals surface area (Å²) in [6, 6.07) is 12.4. The Morgan fingerprint density at radius 1 is 1.10 bits per heavy atom. The smallest absolute Gasteiger partial charge is 0.0706 e. The highest BCUT2D eigenvalue weighted by atomic mass is 35.5. The van der Waals surface area contributed by atoms with Gasteiger partial charge in [0.05, 0.1) is 10.7 Å². The van der Waals surface area contributed by atoms with Crippen LogP contribution in [-0.4, -0.2) is 36.1 Å². The lowest BCUT2D eigenvalue weighted by Gasteiger charge is -2.27. The van der Waals surface area contributed by atoms with Crippen LogP contribution in [0.15, 0.2) is 42.6 Å². The molecule has 20 heavy (non-hydrogen) atoms. The van der Waals surface area contributed by atoms with E-state index in [2.05, 4.69) is 39.5 Å². The molecule has 1 fully saturated rings. The molecule has 0 unspecified atom stereocenters. The first-order valence-corrected chi connectivity index (χ1v) is 7.33. The van der Waals surface area contributed by atoms with E-state index in [0.717, 1.165) is 38.4 Å². The van der Waals surface area contributed by atoms with Gasteiger partial charge in [-0.15, -0.1) is 0 Å². The number of rotatable bonds is 3. The predicted molar refractivity (Wildman–Crippen MR) is 82.8 cm³/mol. The summed E-state index contributed by atoms with van der Waals surface area (Å²) in [7, 11) is 0. The molecular weight excluding hydrogens is 270 g/mol. The monoisotopic (exact) mass is 287 g/mol. The van der Waals surface area contributed by atoms with Crippen LogP contribution < -0.4 is 5.32 Å². The highest BCUT2D eigenvalue weighted by Gasteiger charge is 2.13. The molecule has 0 amide bonds.